The maximum absolute atomic E-state index is 9.52. The standard InChI is InChI=1S/C71H122N3O20/c1-55(75)45-89-59(5)49-87-43-39-83-35-33-79-29-25-73(27-31-81-37-41-85-51-61(7)93-53-63(9)91-47-57(3)77)69-21-15-66(16-22-69)71(65-13-19-68(20-14-65)72(11)12)67-17-23-70(24-18-67)74(26-30-80-34-36-84-40-44-88-50-60(6)90-46-56(2)76)28-32-82-38-42-86-52-62(8)94-54-64(10)92-48-58(4)78/h13-24,55-64,75-78H,25-54H2,1-12H3/q+1. The zero-order valence-corrected chi connectivity index (χ0v) is 59.1. The van der Waals surface area contributed by atoms with Crippen LogP contribution in [0, 0.1) is 0 Å². The van der Waals surface area contributed by atoms with Crippen molar-refractivity contribution in [1.82, 2.24) is 0 Å². The number of hydrogen-bond donors (Lipinski definition) is 4. The normalized spacial score (nSPS) is 15.8. The van der Waals surface area contributed by atoms with E-state index in [-0.39, 0.29) is 63.1 Å². The summed E-state index contributed by atoms with van der Waals surface area (Å²) in [5.41, 5.74) is 7.45. The van der Waals surface area contributed by atoms with Crippen molar-refractivity contribution in [2.24, 2.45) is 0 Å². The van der Waals surface area contributed by atoms with Crippen LogP contribution in [0.2, 0.25) is 0 Å². The molecule has 0 fully saturated rings. The smallest absolute Gasteiger partial charge is 0.199 e. The summed E-state index contributed by atoms with van der Waals surface area (Å²) in [6, 6.07) is 17.4. The fourth-order valence-corrected chi connectivity index (χ4v) is 8.96. The van der Waals surface area contributed by atoms with E-state index < -0.39 is 24.4 Å². The lowest BCUT2D eigenvalue weighted by atomic mass is 9.90. The Morgan fingerprint density at radius 1 is 0.309 bits per heavy atom. The second-order valence-electron chi connectivity index (χ2n) is 24.1. The van der Waals surface area contributed by atoms with Crippen LogP contribution in [0.4, 0.5) is 11.4 Å². The zero-order chi connectivity index (χ0) is 68.6. The molecule has 540 valence electrons. The molecule has 0 bridgehead atoms. The molecule has 0 saturated heterocycles. The van der Waals surface area contributed by atoms with Gasteiger partial charge in [-0.15, -0.1) is 0 Å². The molecule has 0 aliphatic heterocycles. The Balaban J connectivity index is 1.74. The largest absolute Gasteiger partial charge is 0.391 e. The van der Waals surface area contributed by atoms with Gasteiger partial charge in [-0.3, -0.25) is 0 Å². The lowest BCUT2D eigenvalue weighted by Gasteiger charge is -2.26. The predicted octanol–water partition coefficient (Wildman–Crippen LogP) is 6.06. The Kier molecular flexibility index (Phi) is 47.7. The minimum atomic E-state index is -0.524. The van der Waals surface area contributed by atoms with Crippen molar-refractivity contribution in [1.29, 1.82) is 0 Å². The molecule has 0 spiro atoms. The first kappa shape index (κ1) is 84.4. The van der Waals surface area contributed by atoms with Gasteiger partial charge >= 0.3 is 0 Å². The van der Waals surface area contributed by atoms with E-state index in [0.717, 1.165) is 39.4 Å². The van der Waals surface area contributed by atoms with Crippen LogP contribution >= 0.6 is 0 Å². The number of hydrogen-bond acceptors (Lipinski definition) is 22. The molecule has 23 nitrogen and oxygen atoms in total. The number of anilines is 2. The van der Waals surface area contributed by atoms with Gasteiger partial charge in [-0.25, -0.2) is 4.58 Å². The SMILES string of the molecule is CC(O)COC(C)COCCOCCOCCN(CCOCCOCC(C)OCC(C)OCC(C)O)c1ccc(C(=C2C=CC(=[N+](C)C)C=C2)c2ccc(N(CCOCCOCCOCC(C)OCC(C)O)CCOCCOCC(C)OCC(C)OCC(C)O)cc2)cc1. The van der Waals surface area contributed by atoms with Crippen LogP contribution in [-0.2, 0) is 75.8 Å². The summed E-state index contributed by atoms with van der Waals surface area (Å²) in [6.45, 7) is 31.5. The summed E-state index contributed by atoms with van der Waals surface area (Å²) >= 11 is 0. The number of ether oxygens (including phenoxy) is 16. The molecule has 1 aliphatic carbocycles. The summed E-state index contributed by atoms with van der Waals surface area (Å²) in [4.78, 5) is 4.54. The van der Waals surface area contributed by atoms with E-state index in [1.807, 2.05) is 55.6 Å². The molecule has 4 N–H and O–H groups in total. The van der Waals surface area contributed by atoms with E-state index >= 15 is 0 Å². The van der Waals surface area contributed by atoms with Gasteiger partial charge in [-0.2, -0.15) is 0 Å². The van der Waals surface area contributed by atoms with Gasteiger partial charge in [0.25, 0.3) is 0 Å². The molecule has 0 heterocycles. The molecule has 2 aromatic rings. The predicted molar refractivity (Wildman–Crippen MR) is 366 cm³/mol. The van der Waals surface area contributed by atoms with Gasteiger partial charge in [0.1, 0.15) is 14.1 Å². The van der Waals surface area contributed by atoms with Gasteiger partial charge in [-0.05, 0) is 128 Å². The number of aliphatic hydroxyl groups excluding tert-OH is 4. The van der Waals surface area contributed by atoms with E-state index in [1.54, 1.807) is 27.7 Å². The Hall–Kier alpha value is -3.87. The number of aliphatic hydroxyl groups is 4. The number of nitrogens with zero attached hydrogens (tertiary/aromatic N) is 3. The molecule has 0 saturated carbocycles. The van der Waals surface area contributed by atoms with Crippen LogP contribution in [0.25, 0.3) is 5.57 Å². The monoisotopic (exact) mass is 1340 g/mol. The lowest BCUT2D eigenvalue weighted by molar-refractivity contribution is -0.462. The molecule has 0 aromatic heterocycles. The van der Waals surface area contributed by atoms with Gasteiger partial charge in [0.2, 0.25) is 0 Å². The van der Waals surface area contributed by atoms with Gasteiger partial charge in [0.05, 0.1) is 233 Å². The molecule has 23 heteroatoms. The second-order valence-corrected chi connectivity index (χ2v) is 24.1. The molecule has 1 aliphatic rings. The Bertz CT molecular complexity index is 2140. The van der Waals surface area contributed by atoms with E-state index in [4.69, 9.17) is 75.8 Å². The Morgan fingerprint density at radius 2 is 0.543 bits per heavy atom. The van der Waals surface area contributed by atoms with Crippen LogP contribution in [0.1, 0.15) is 80.4 Å². The molecular formula is C71H122N3O20+. The van der Waals surface area contributed by atoms with Crippen LogP contribution in [0.5, 0.6) is 0 Å². The van der Waals surface area contributed by atoms with Gasteiger partial charge in [0, 0.05) is 49.7 Å². The highest BCUT2D eigenvalue weighted by molar-refractivity contribution is 6.04. The molecule has 0 amide bonds. The van der Waals surface area contributed by atoms with Crippen molar-refractivity contribution in [3.8, 4) is 0 Å². The van der Waals surface area contributed by atoms with Crippen molar-refractivity contribution < 1.29 is 101 Å². The maximum Gasteiger partial charge on any atom is 0.199 e. The van der Waals surface area contributed by atoms with E-state index in [2.05, 4.69) is 87.2 Å². The molecule has 94 heavy (non-hydrogen) atoms. The minimum Gasteiger partial charge on any atom is -0.391 e. The summed E-state index contributed by atoms with van der Waals surface area (Å²) in [6.07, 6.45) is 5.81. The van der Waals surface area contributed by atoms with E-state index in [0.29, 0.717) is 172 Å². The van der Waals surface area contributed by atoms with Gasteiger partial charge in [-0.1, -0.05) is 24.3 Å². The fraction of sp³-hybridized carbons (Fsp3) is 0.732. The number of benzene rings is 2. The van der Waals surface area contributed by atoms with Crippen molar-refractivity contribution in [3.05, 3.63) is 89.5 Å². The fourth-order valence-electron chi connectivity index (χ4n) is 8.96. The third kappa shape index (κ3) is 42.1. The summed E-state index contributed by atoms with van der Waals surface area (Å²) < 4.78 is 95.3. The average Bonchev–Trinajstić information content (AvgIpc) is 0.810. The molecule has 2 aromatic carbocycles. The molecule has 0 radical (unpaired) electrons. The first-order valence-corrected chi connectivity index (χ1v) is 33.9. The number of allylic oxidation sites excluding steroid dienone is 5. The highest BCUT2D eigenvalue weighted by atomic mass is 16.6. The average molecular weight is 1340 g/mol. The molecule has 10 unspecified atom stereocenters. The highest BCUT2D eigenvalue weighted by Gasteiger charge is 2.18. The second kappa shape index (κ2) is 53.1. The molecule has 10 atom stereocenters. The molecular weight excluding hydrogens is 1210 g/mol. The van der Waals surface area contributed by atoms with Gasteiger partial charge in [0.15, 0.2) is 5.71 Å². The maximum atomic E-state index is 9.52. The zero-order valence-electron chi connectivity index (χ0n) is 59.1. The Labute approximate surface area is 563 Å². The summed E-state index contributed by atoms with van der Waals surface area (Å²) in [5.74, 6) is 0. The third-order valence-electron chi connectivity index (χ3n) is 14.1. The first-order chi connectivity index (χ1) is 45.3. The third-order valence-corrected chi connectivity index (χ3v) is 14.1. The quantitative estimate of drug-likeness (QED) is 0.0435. The topological polar surface area (TPSA) is 238 Å². The van der Waals surface area contributed by atoms with Crippen LogP contribution < -0.4 is 9.80 Å². The summed E-state index contributed by atoms with van der Waals surface area (Å²) in [5, 5.41) is 38.0. The molecule has 3 rings (SSSR count). The van der Waals surface area contributed by atoms with E-state index in [1.165, 1.54) is 0 Å². The van der Waals surface area contributed by atoms with E-state index in [9.17, 15) is 20.4 Å². The number of rotatable bonds is 60. The highest BCUT2D eigenvalue weighted by Crippen LogP contribution is 2.32. The van der Waals surface area contributed by atoms with Crippen molar-refractivity contribution in [3.63, 3.8) is 0 Å². The lowest BCUT2D eigenvalue weighted by Crippen LogP contribution is -2.31. The Morgan fingerprint density at radius 3 is 0.798 bits per heavy atom. The van der Waals surface area contributed by atoms with Gasteiger partial charge < -0.3 is 106 Å². The van der Waals surface area contributed by atoms with Crippen LogP contribution in [0.3, 0.4) is 0 Å². The van der Waals surface area contributed by atoms with Crippen molar-refractivity contribution >= 4 is 22.7 Å². The van der Waals surface area contributed by atoms with Crippen molar-refractivity contribution in [2.75, 3.05) is 222 Å². The van der Waals surface area contributed by atoms with Crippen molar-refractivity contribution in [2.45, 2.75) is 130 Å². The van der Waals surface area contributed by atoms with Crippen LogP contribution in [0.15, 0.2) is 78.4 Å². The van der Waals surface area contributed by atoms with Crippen LogP contribution in [-0.4, -0.2) is 304 Å². The minimum absolute atomic E-state index is 0.120. The summed E-state index contributed by atoms with van der Waals surface area (Å²) in [7, 11) is 4.08. The first-order valence-electron chi connectivity index (χ1n) is 33.9.